The van der Waals surface area contributed by atoms with Gasteiger partial charge in [0.25, 0.3) is 0 Å². The van der Waals surface area contributed by atoms with Gasteiger partial charge in [-0.2, -0.15) is 5.26 Å². The van der Waals surface area contributed by atoms with Gasteiger partial charge in [-0.3, -0.25) is 0 Å². The Morgan fingerprint density at radius 3 is 2.62 bits per heavy atom. The molecule has 1 heterocycles. The molecular weight excluding hydrogens is 347 g/mol. The van der Waals surface area contributed by atoms with Crippen molar-refractivity contribution in [3.63, 3.8) is 0 Å². The van der Waals surface area contributed by atoms with Crippen LogP contribution in [0.2, 0.25) is 10.0 Å². The summed E-state index contributed by atoms with van der Waals surface area (Å²) in [7, 11) is 0. The molecule has 1 aromatic rings. The van der Waals surface area contributed by atoms with Crippen LogP contribution in [0.1, 0.15) is 38.7 Å². The van der Waals surface area contributed by atoms with Crippen LogP contribution >= 0.6 is 23.2 Å². The summed E-state index contributed by atoms with van der Waals surface area (Å²) in [6, 6.07) is 7.26. The molecule has 0 bridgehead atoms. The predicted octanol–water partition coefficient (Wildman–Crippen LogP) is 4.70. The van der Waals surface area contributed by atoms with E-state index in [2.05, 4.69) is 11.4 Å². The number of dihydropyridines is 1. The number of nitrogens with one attached hydrogen (secondary N) is 1. The monoisotopic (exact) mass is 364 g/mol. The zero-order valence-corrected chi connectivity index (χ0v) is 15.3. The maximum Gasteiger partial charge on any atom is 0.336 e. The topological polar surface area (TPSA) is 62.1 Å². The third kappa shape index (κ3) is 3.43. The SMILES string of the molecule is CCOC(=O)C1=C(CC)NC(C)=C(C#N)C1c1ccc(Cl)cc1Cl. The molecule has 1 atom stereocenters. The summed E-state index contributed by atoms with van der Waals surface area (Å²) in [6.45, 7) is 5.75. The molecule has 0 saturated carbocycles. The second kappa shape index (κ2) is 7.74. The van der Waals surface area contributed by atoms with E-state index in [1.807, 2.05) is 13.8 Å². The molecule has 1 aliphatic heterocycles. The van der Waals surface area contributed by atoms with Crippen molar-refractivity contribution in [1.82, 2.24) is 5.32 Å². The van der Waals surface area contributed by atoms with Crippen LogP contribution in [0.25, 0.3) is 0 Å². The van der Waals surface area contributed by atoms with Crippen LogP contribution < -0.4 is 5.32 Å². The number of allylic oxidation sites excluding steroid dienone is 3. The second-order valence-electron chi connectivity index (χ2n) is 5.34. The second-order valence-corrected chi connectivity index (χ2v) is 6.18. The fourth-order valence-electron chi connectivity index (χ4n) is 2.82. The number of hydrogen-bond donors (Lipinski definition) is 1. The van der Waals surface area contributed by atoms with Crippen molar-refractivity contribution in [2.24, 2.45) is 0 Å². The molecule has 0 aliphatic carbocycles. The number of rotatable bonds is 4. The zero-order valence-electron chi connectivity index (χ0n) is 13.7. The van der Waals surface area contributed by atoms with E-state index in [4.69, 9.17) is 27.9 Å². The summed E-state index contributed by atoms with van der Waals surface area (Å²) >= 11 is 12.3. The maximum atomic E-state index is 12.6. The lowest BCUT2D eigenvalue weighted by atomic mass is 9.80. The molecule has 1 aromatic carbocycles. The molecule has 0 aromatic heterocycles. The molecule has 0 fully saturated rings. The van der Waals surface area contributed by atoms with Crippen molar-refractivity contribution in [2.45, 2.75) is 33.1 Å². The van der Waals surface area contributed by atoms with Crippen molar-refractivity contribution >= 4 is 29.2 Å². The minimum Gasteiger partial charge on any atom is -0.463 e. The van der Waals surface area contributed by atoms with Crippen LogP contribution in [-0.2, 0) is 9.53 Å². The fourth-order valence-corrected chi connectivity index (χ4v) is 3.34. The van der Waals surface area contributed by atoms with Gasteiger partial charge in [0.1, 0.15) is 0 Å². The highest BCUT2D eigenvalue weighted by Crippen LogP contribution is 2.42. The molecular formula is C18H18Cl2N2O2. The van der Waals surface area contributed by atoms with Gasteiger partial charge in [0.15, 0.2) is 0 Å². The summed E-state index contributed by atoms with van der Waals surface area (Å²) in [4.78, 5) is 12.6. The van der Waals surface area contributed by atoms with Crippen molar-refractivity contribution in [3.8, 4) is 6.07 Å². The van der Waals surface area contributed by atoms with Gasteiger partial charge >= 0.3 is 5.97 Å². The number of esters is 1. The van der Waals surface area contributed by atoms with Gasteiger partial charge in [0.05, 0.1) is 29.7 Å². The first kappa shape index (κ1) is 18.4. The molecule has 4 nitrogen and oxygen atoms in total. The molecule has 0 saturated heterocycles. The Balaban J connectivity index is 2.71. The minimum absolute atomic E-state index is 0.255. The first-order valence-corrected chi connectivity index (χ1v) is 8.43. The van der Waals surface area contributed by atoms with Gasteiger partial charge in [-0.25, -0.2) is 4.79 Å². The summed E-state index contributed by atoms with van der Waals surface area (Å²) in [5.41, 5.74) is 2.97. The Labute approximate surface area is 151 Å². The first-order chi connectivity index (χ1) is 11.4. The molecule has 0 amide bonds. The average molecular weight is 365 g/mol. The molecule has 0 spiro atoms. The lowest BCUT2D eigenvalue weighted by Crippen LogP contribution is -2.29. The lowest BCUT2D eigenvalue weighted by molar-refractivity contribution is -0.138. The molecule has 2 rings (SSSR count). The van der Waals surface area contributed by atoms with Gasteiger partial charge in [0, 0.05) is 21.4 Å². The summed E-state index contributed by atoms with van der Waals surface area (Å²) < 4.78 is 5.22. The largest absolute Gasteiger partial charge is 0.463 e. The van der Waals surface area contributed by atoms with Crippen LogP contribution in [0.3, 0.4) is 0 Å². The molecule has 1 aliphatic rings. The average Bonchev–Trinajstić information content (AvgIpc) is 2.54. The maximum absolute atomic E-state index is 12.6. The van der Waals surface area contributed by atoms with E-state index in [1.165, 1.54) is 0 Å². The number of hydrogen-bond acceptors (Lipinski definition) is 4. The van der Waals surface area contributed by atoms with E-state index in [1.54, 1.807) is 25.1 Å². The fraction of sp³-hybridized carbons (Fsp3) is 0.333. The minimum atomic E-state index is -0.574. The summed E-state index contributed by atoms with van der Waals surface area (Å²) in [5, 5.41) is 13.7. The standard InChI is InChI=1S/C18H18Cl2N2O2/c1-4-15-17(18(23)24-5-2)16(13(9-21)10(3)22-15)12-7-6-11(19)8-14(12)20/h6-8,16,22H,4-5H2,1-3H3. The highest BCUT2D eigenvalue weighted by Gasteiger charge is 2.35. The summed E-state index contributed by atoms with van der Waals surface area (Å²) in [6.07, 6.45) is 0.603. The Hall–Kier alpha value is -1.96. The van der Waals surface area contributed by atoms with Gasteiger partial charge in [0.2, 0.25) is 0 Å². The Kier molecular flexibility index (Phi) is 5.93. The third-order valence-electron chi connectivity index (χ3n) is 3.89. The number of benzene rings is 1. The molecule has 0 radical (unpaired) electrons. The number of carbonyl (C=O) groups excluding carboxylic acids is 1. The van der Waals surface area contributed by atoms with Gasteiger partial charge in [-0.05, 0) is 38.0 Å². The highest BCUT2D eigenvalue weighted by atomic mass is 35.5. The number of halogens is 2. The van der Waals surface area contributed by atoms with Crippen molar-refractivity contribution < 1.29 is 9.53 Å². The third-order valence-corrected chi connectivity index (χ3v) is 4.45. The van der Waals surface area contributed by atoms with Crippen LogP contribution in [0.4, 0.5) is 0 Å². The van der Waals surface area contributed by atoms with Crippen LogP contribution in [-0.4, -0.2) is 12.6 Å². The number of carbonyl (C=O) groups is 1. The van der Waals surface area contributed by atoms with E-state index >= 15 is 0 Å². The van der Waals surface area contributed by atoms with E-state index in [0.717, 1.165) is 5.70 Å². The zero-order chi connectivity index (χ0) is 17.9. The van der Waals surface area contributed by atoms with E-state index in [9.17, 15) is 10.1 Å². The molecule has 1 N–H and O–H groups in total. The van der Waals surface area contributed by atoms with Crippen LogP contribution in [0, 0.1) is 11.3 Å². The number of nitriles is 1. The first-order valence-electron chi connectivity index (χ1n) is 7.67. The number of ether oxygens (including phenoxy) is 1. The van der Waals surface area contributed by atoms with Gasteiger partial charge < -0.3 is 10.1 Å². The van der Waals surface area contributed by atoms with Crippen molar-refractivity contribution in [3.05, 3.63) is 56.3 Å². The van der Waals surface area contributed by atoms with Crippen molar-refractivity contribution in [1.29, 1.82) is 5.26 Å². The van der Waals surface area contributed by atoms with E-state index in [-0.39, 0.29) is 6.61 Å². The molecule has 126 valence electrons. The summed E-state index contributed by atoms with van der Waals surface area (Å²) in [5.74, 6) is -1.02. The van der Waals surface area contributed by atoms with Crippen molar-refractivity contribution in [2.75, 3.05) is 6.61 Å². The molecule has 24 heavy (non-hydrogen) atoms. The smallest absolute Gasteiger partial charge is 0.336 e. The van der Waals surface area contributed by atoms with Crippen LogP contribution in [0.5, 0.6) is 0 Å². The molecule has 6 heteroatoms. The molecule has 1 unspecified atom stereocenters. The number of nitrogens with zero attached hydrogens (tertiary/aromatic N) is 1. The Morgan fingerprint density at radius 1 is 1.38 bits per heavy atom. The highest BCUT2D eigenvalue weighted by molar-refractivity contribution is 6.35. The lowest BCUT2D eigenvalue weighted by Gasteiger charge is -2.30. The van der Waals surface area contributed by atoms with Crippen LogP contribution in [0.15, 0.2) is 40.7 Å². The van der Waals surface area contributed by atoms with E-state index in [0.29, 0.717) is 38.9 Å². The van der Waals surface area contributed by atoms with Gasteiger partial charge in [-0.1, -0.05) is 36.2 Å². The Morgan fingerprint density at radius 2 is 2.08 bits per heavy atom. The normalized spacial score (nSPS) is 17.4. The Bertz CT molecular complexity index is 776. The van der Waals surface area contributed by atoms with E-state index < -0.39 is 11.9 Å². The van der Waals surface area contributed by atoms with Gasteiger partial charge in [-0.15, -0.1) is 0 Å². The quantitative estimate of drug-likeness (QED) is 0.786. The predicted molar refractivity (Wildman–Crippen MR) is 94.6 cm³/mol.